The molecule has 0 aliphatic carbocycles. The number of aryl methyl sites for hydroxylation is 1. The third-order valence-corrected chi connectivity index (χ3v) is 4.09. The van der Waals surface area contributed by atoms with Crippen LogP contribution < -0.4 is 20.5 Å². The standard InChI is InChI=1S/C19H23N7O3/c1-10-23-16(26-18(20)24-10)13-6-11(19(2,3)27)8-21-15(13)25-12-7-14(28-4)17(29-5)22-9-12/h6-9,27H,1-5H3,(H,21,25)(H2,20,23,24,26). The number of nitrogens with zero attached hydrogens (tertiary/aromatic N) is 5. The molecule has 3 aromatic rings. The number of anilines is 3. The molecule has 0 radical (unpaired) electrons. The van der Waals surface area contributed by atoms with Crippen molar-refractivity contribution in [3.8, 4) is 23.0 Å². The van der Waals surface area contributed by atoms with E-state index in [0.29, 0.717) is 45.9 Å². The van der Waals surface area contributed by atoms with Crippen molar-refractivity contribution in [1.29, 1.82) is 0 Å². The lowest BCUT2D eigenvalue weighted by Gasteiger charge is -2.20. The Morgan fingerprint density at radius 3 is 2.41 bits per heavy atom. The summed E-state index contributed by atoms with van der Waals surface area (Å²) in [6.45, 7) is 5.07. The van der Waals surface area contributed by atoms with Crippen molar-refractivity contribution in [1.82, 2.24) is 24.9 Å². The molecule has 0 saturated heterocycles. The summed E-state index contributed by atoms with van der Waals surface area (Å²) < 4.78 is 10.5. The lowest BCUT2D eigenvalue weighted by molar-refractivity contribution is 0.0783. The van der Waals surface area contributed by atoms with Gasteiger partial charge in [-0.15, -0.1) is 0 Å². The molecule has 3 aromatic heterocycles. The highest BCUT2D eigenvalue weighted by atomic mass is 16.5. The summed E-state index contributed by atoms with van der Waals surface area (Å²) in [5.74, 6) is 2.19. The van der Waals surface area contributed by atoms with Gasteiger partial charge in [-0.1, -0.05) is 0 Å². The second-order valence-corrected chi connectivity index (χ2v) is 6.80. The zero-order valence-electron chi connectivity index (χ0n) is 16.9. The fourth-order valence-corrected chi connectivity index (χ4v) is 2.63. The van der Waals surface area contributed by atoms with Crippen LogP contribution in [0.3, 0.4) is 0 Å². The Hall–Kier alpha value is -3.53. The summed E-state index contributed by atoms with van der Waals surface area (Å²) in [7, 11) is 3.04. The molecule has 10 heteroatoms. The first-order chi connectivity index (χ1) is 13.7. The van der Waals surface area contributed by atoms with Crippen molar-refractivity contribution in [3.63, 3.8) is 0 Å². The number of nitrogens with two attached hydrogens (primary N) is 1. The van der Waals surface area contributed by atoms with Crippen LogP contribution >= 0.6 is 0 Å². The summed E-state index contributed by atoms with van der Waals surface area (Å²) in [6, 6.07) is 3.49. The molecule has 0 unspecified atom stereocenters. The summed E-state index contributed by atoms with van der Waals surface area (Å²) in [5.41, 5.74) is 6.47. The van der Waals surface area contributed by atoms with E-state index in [2.05, 4.69) is 30.2 Å². The second kappa shape index (κ2) is 7.84. The second-order valence-electron chi connectivity index (χ2n) is 6.80. The van der Waals surface area contributed by atoms with Crippen molar-refractivity contribution in [2.45, 2.75) is 26.4 Å². The topological polar surface area (TPSA) is 141 Å². The van der Waals surface area contributed by atoms with E-state index in [1.165, 1.54) is 14.2 Å². The van der Waals surface area contributed by atoms with E-state index in [4.69, 9.17) is 15.2 Å². The summed E-state index contributed by atoms with van der Waals surface area (Å²) in [4.78, 5) is 21.3. The highest BCUT2D eigenvalue weighted by Gasteiger charge is 2.21. The Labute approximate surface area is 168 Å². The van der Waals surface area contributed by atoms with E-state index in [0.717, 1.165) is 0 Å². The summed E-state index contributed by atoms with van der Waals surface area (Å²) >= 11 is 0. The van der Waals surface area contributed by atoms with E-state index in [9.17, 15) is 5.11 Å². The van der Waals surface area contributed by atoms with Crippen LogP contribution in [0.15, 0.2) is 24.5 Å². The molecule has 0 aromatic carbocycles. The van der Waals surface area contributed by atoms with Gasteiger partial charge in [0, 0.05) is 17.8 Å². The first kappa shape index (κ1) is 20.2. The van der Waals surface area contributed by atoms with E-state index in [-0.39, 0.29) is 5.95 Å². The average Bonchev–Trinajstić information content (AvgIpc) is 2.66. The van der Waals surface area contributed by atoms with Gasteiger partial charge in [-0.25, -0.2) is 15.0 Å². The minimum absolute atomic E-state index is 0.0971. The lowest BCUT2D eigenvalue weighted by atomic mass is 9.98. The van der Waals surface area contributed by atoms with Crippen LogP contribution in [0, 0.1) is 6.92 Å². The zero-order chi connectivity index (χ0) is 21.2. The number of ether oxygens (including phenoxy) is 2. The van der Waals surface area contributed by atoms with E-state index >= 15 is 0 Å². The van der Waals surface area contributed by atoms with Gasteiger partial charge in [-0.3, -0.25) is 0 Å². The largest absolute Gasteiger partial charge is 0.491 e. The van der Waals surface area contributed by atoms with Crippen LogP contribution in [-0.2, 0) is 5.60 Å². The predicted octanol–water partition coefficient (Wildman–Crippen LogP) is 2.21. The van der Waals surface area contributed by atoms with E-state index < -0.39 is 5.60 Å². The number of methoxy groups -OCH3 is 2. The molecule has 10 nitrogen and oxygen atoms in total. The van der Waals surface area contributed by atoms with Gasteiger partial charge in [-0.05, 0) is 26.8 Å². The molecule has 0 fully saturated rings. The summed E-state index contributed by atoms with van der Waals surface area (Å²) in [6.07, 6.45) is 3.17. The number of aromatic nitrogens is 5. The molecule has 0 bridgehead atoms. The molecule has 4 N–H and O–H groups in total. The zero-order valence-corrected chi connectivity index (χ0v) is 16.9. The first-order valence-electron chi connectivity index (χ1n) is 8.77. The number of hydrogen-bond acceptors (Lipinski definition) is 10. The van der Waals surface area contributed by atoms with E-state index in [1.54, 1.807) is 45.3 Å². The Kier molecular flexibility index (Phi) is 5.46. The molecule has 0 amide bonds. The van der Waals surface area contributed by atoms with Crippen LogP contribution in [0.2, 0.25) is 0 Å². The molecule has 3 heterocycles. The maximum atomic E-state index is 10.4. The van der Waals surface area contributed by atoms with Gasteiger partial charge in [-0.2, -0.15) is 9.97 Å². The molecule has 0 aliphatic rings. The Balaban J connectivity index is 2.11. The molecule has 0 atom stereocenters. The van der Waals surface area contributed by atoms with Crippen molar-refractivity contribution in [2.24, 2.45) is 0 Å². The Morgan fingerprint density at radius 2 is 1.79 bits per heavy atom. The van der Waals surface area contributed by atoms with Crippen LogP contribution in [0.5, 0.6) is 11.6 Å². The maximum absolute atomic E-state index is 10.4. The molecular formula is C19H23N7O3. The van der Waals surface area contributed by atoms with Crippen LogP contribution in [-0.4, -0.2) is 44.2 Å². The quantitative estimate of drug-likeness (QED) is 0.566. The Morgan fingerprint density at radius 1 is 1.03 bits per heavy atom. The number of aliphatic hydroxyl groups is 1. The molecule has 0 spiro atoms. The SMILES string of the molecule is COc1cc(Nc2ncc(C(C)(C)O)cc2-c2nc(C)nc(N)n2)cnc1OC. The number of nitrogens with one attached hydrogen (secondary N) is 1. The molecule has 0 saturated carbocycles. The van der Waals surface area contributed by atoms with E-state index in [1.807, 2.05) is 0 Å². The van der Waals surface area contributed by atoms with Gasteiger partial charge >= 0.3 is 0 Å². The van der Waals surface area contributed by atoms with Crippen molar-refractivity contribution < 1.29 is 14.6 Å². The molecule has 0 aliphatic heterocycles. The third kappa shape index (κ3) is 4.49. The van der Waals surface area contributed by atoms with Crippen molar-refractivity contribution in [3.05, 3.63) is 35.9 Å². The third-order valence-electron chi connectivity index (χ3n) is 4.09. The number of nitrogen functional groups attached to an aromatic ring is 1. The predicted molar refractivity (Wildman–Crippen MR) is 108 cm³/mol. The normalized spacial score (nSPS) is 11.2. The van der Waals surface area contributed by atoms with Crippen molar-refractivity contribution >= 4 is 17.5 Å². The van der Waals surface area contributed by atoms with Gasteiger partial charge in [0.15, 0.2) is 11.6 Å². The molecular weight excluding hydrogens is 374 g/mol. The van der Waals surface area contributed by atoms with Crippen molar-refractivity contribution in [2.75, 3.05) is 25.3 Å². The van der Waals surface area contributed by atoms with Gasteiger partial charge in [0.1, 0.15) is 11.6 Å². The highest BCUT2D eigenvalue weighted by Crippen LogP contribution is 2.33. The van der Waals surface area contributed by atoms with Gasteiger partial charge in [0.25, 0.3) is 5.88 Å². The number of pyridine rings is 2. The van der Waals surface area contributed by atoms with Crippen LogP contribution in [0.1, 0.15) is 25.2 Å². The minimum Gasteiger partial charge on any atom is -0.491 e. The lowest BCUT2D eigenvalue weighted by Crippen LogP contribution is -2.16. The summed E-state index contributed by atoms with van der Waals surface area (Å²) in [5, 5.41) is 13.6. The Bertz CT molecular complexity index is 1010. The van der Waals surface area contributed by atoms with Gasteiger partial charge < -0.3 is 25.6 Å². The fourth-order valence-electron chi connectivity index (χ4n) is 2.63. The van der Waals surface area contributed by atoms with Gasteiger partial charge in [0.2, 0.25) is 5.95 Å². The average molecular weight is 397 g/mol. The number of rotatable bonds is 6. The molecule has 29 heavy (non-hydrogen) atoms. The molecule has 152 valence electrons. The number of hydrogen-bond donors (Lipinski definition) is 3. The monoisotopic (exact) mass is 397 g/mol. The fraction of sp³-hybridized carbons (Fsp3) is 0.316. The molecule has 3 rings (SSSR count). The van der Waals surface area contributed by atoms with Crippen LogP contribution in [0.25, 0.3) is 11.4 Å². The minimum atomic E-state index is -1.10. The van der Waals surface area contributed by atoms with Crippen LogP contribution in [0.4, 0.5) is 17.5 Å². The first-order valence-corrected chi connectivity index (χ1v) is 8.77. The van der Waals surface area contributed by atoms with Gasteiger partial charge in [0.05, 0.1) is 37.3 Å². The highest BCUT2D eigenvalue weighted by molar-refractivity contribution is 5.75. The smallest absolute Gasteiger partial charge is 0.256 e. The maximum Gasteiger partial charge on any atom is 0.256 e.